The fraction of sp³-hybridized carbons (Fsp3) is 0.409. The summed E-state index contributed by atoms with van der Waals surface area (Å²) in [5, 5.41) is 2.90. The number of anilines is 1. The third-order valence-corrected chi connectivity index (χ3v) is 7.04. The number of hydrogen-bond donors (Lipinski definition) is 1. The Balaban J connectivity index is 1.66. The van der Waals surface area contributed by atoms with Gasteiger partial charge in [0.1, 0.15) is 5.75 Å². The summed E-state index contributed by atoms with van der Waals surface area (Å²) >= 11 is 0. The number of hydrogen-bond acceptors (Lipinski definition) is 4. The number of nitrogens with zero attached hydrogens (tertiary/aromatic N) is 1. The van der Waals surface area contributed by atoms with E-state index in [2.05, 4.69) is 5.32 Å². The van der Waals surface area contributed by atoms with E-state index in [-0.39, 0.29) is 17.4 Å². The van der Waals surface area contributed by atoms with Crippen LogP contribution < -0.4 is 10.1 Å². The van der Waals surface area contributed by atoms with Crippen molar-refractivity contribution in [3.63, 3.8) is 0 Å². The SMILES string of the molecule is Cc1cc(C)c(NC(=O)COc2ccc(S(=O)(=O)N3CCCC3)cc2C)c(C)c1. The van der Waals surface area contributed by atoms with Crippen molar-refractivity contribution in [1.29, 1.82) is 0 Å². The van der Waals surface area contributed by atoms with Gasteiger partial charge in [0.2, 0.25) is 10.0 Å². The summed E-state index contributed by atoms with van der Waals surface area (Å²) in [4.78, 5) is 12.6. The summed E-state index contributed by atoms with van der Waals surface area (Å²) in [6, 6.07) is 8.81. The number of rotatable bonds is 6. The van der Waals surface area contributed by atoms with Gasteiger partial charge in [-0.2, -0.15) is 4.31 Å². The molecule has 2 aromatic rings. The second-order valence-electron chi connectivity index (χ2n) is 7.65. The van der Waals surface area contributed by atoms with Crippen molar-refractivity contribution in [3.8, 4) is 5.75 Å². The highest BCUT2D eigenvalue weighted by molar-refractivity contribution is 7.89. The molecule has 1 fully saturated rings. The fourth-order valence-corrected chi connectivity index (χ4v) is 5.32. The Morgan fingerprint density at radius 3 is 2.21 bits per heavy atom. The molecule has 1 amide bonds. The molecule has 0 aliphatic carbocycles. The molecule has 0 bridgehead atoms. The maximum absolute atomic E-state index is 12.7. The minimum atomic E-state index is -3.46. The molecule has 1 heterocycles. The Bertz CT molecular complexity index is 1000. The summed E-state index contributed by atoms with van der Waals surface area (Å²) in [6.45, 7) is 8.71. The molecular weight excluding hydrogens is 388 g/mol. The van der Waals surface area contributed by atoms with Crippen molar-refractivity contribution < 1.29 is 17.9 Å². The van der Waals surface area contributed by atoms with E-state index in [1.807, 2.05) is 32.9 Å². The third kappa shape index (κ3) is 4.79. The van der Waals surface area contributed by atoms with Crippen molar-refractivity contribution in [2.45, 2.75) is 45.4 Å². The predicted molar refractivity (Wildman–Crippen MR) is 114 cm³/mol. The molecule has 0 atom stereocenters. The zero-order valence-corrected chi connectivity index (χ0v) is 18.2. The van der Waals surface area contributed by atoms with E-state index in [4.69, 9.17) is 4.74 Å². The first kappa shape index (κ1) is 21.3. The largest absolute Gasteiger partial charge is 0.483 e. The Hall–Kier alpha value is -2.38. The number of carbonyl (C=O) groups excluding carboxylic acids is 1. The lowest BCUT2D eigenvalue weighted by Crippen LogP contribution is -2.28. The van der Waals surface area contributed by atoms with E-state index in [1.54, 1.807) is 25.1 Å². The number of sulfonamides is 1. The monoisotopic (exact) mass is 416 g/mol. The minimum Gasteiger partial charge on any atom is -0.483 e. The second-order valence-corrected chi connectivity index (χ2v) is 9.59. The van der Waals surface area contributed by atoms with E-state index in [0.29, 0.717) is 24.4 Å². The molecule has 3 rings (SSSR count). The molecular formula is C22H28N2O4S. The van der Waals surface area contributed by atoms with Crippen molar-refractivity contribution in [1.82, 2.24) is 4.31 Å². The molecule has 0 radical (unpaired) electrons. The van der Waals surface area contributed by atoms with Crippen molar-refractivity contribution >= 4 is 21.6 Å². The van der Waals surface area contributed by atoms with Crippen LogP contribution in [0.2, 0.25) is 0 Å². The van der Waals surface area contributed by atoms with Crippen molar-refractivity contribution in [3.05, 3.63) is 52.6 Å². The molecule has 6 nitrogen and oxygen atoms in total. The van der Waals surface area contributed by atoms with Crippen LogP contribution in [0.5, 0.6) is 5.75 Å². The van der Waals surface area contributed by atoms with Crippen LogP contribution in [0, 0.1) is 27.7 Å². The van der Waals surface area contributed by atoms with Gasteiger partial charge < -0.3 is 10.1 Å². The maximum Gasteiger partial charge on any atom is 0.262 e. The van der Waals surface area contributed by atoms with Crippen LogP contribution in [0.1, 0.15) is 35.1 Å². The van der Waals surface area contributed by atoms with Gasteiger partial charge in [-0.25, -0.2) is 8.42 Å². The standard InChI is InChI=1S/C22H28N2O4S/c1-15-11-17(3)22(18(4)12-15)23-21(25)14-28-20-8-7-19(13-16(20)2)29(26,27)24-9-5-6-10-24/h7-8,11-13H,5-6,9-10,14H2,1-4H3,(H,23,25). The van der Waals surface area contributed by atoms with Crippen LogP contribution in [0.4, 0.5) is 5.69 Å². The van der Waals surface area contributed by atoms with Crippen LogP contribution in [0.25, 0.3) is 0 Å². The van der Waals surface area contributed by atoms with Crippen molar-refractivity contribution in [2.24, 2.45) is 0 Å². The fourth-order valence-electron chi connectivity index (χ4n) is 3.72. The maximum atomic E-state index is 12.7. The number of carbonyl (C=O) groups is 1. The Kier molecular flexibility index (Phi) is 6.29. The molecule has 0 spiro atoms. The zero-order valence-electron chi connectivity index (χ0n) is 17.4. The van der Waals surface area contributed by atoms with E-state index >= 15 is 0 Å². The number of nitrogens with one attached hydrogen (secondary N) is 1. The lowest BCUT2D eigenvalue weighted by atomic mass is 10.1. The third-order valence-electron chi connectivity index (χ3n) is 5.15. The zero-order chi connectivity index (χ0) is 21.2. The van der Waals surface area contributed by atoms with Gasteiger partial charge in [0.25, 0.3) is 5.91 Å². The first-order valence-corrected chi connectivity index (χ1v) is 11.2. The molecule has 1 saturated heterocycles. The van der Waals surface area contributed by atoms with E-state index in [1.165, 1.54) is 4.31 Å². The average molecular weight is 417 g/mol. The smallest absolute Gasteiger partial charge is 0.262 e. The summed E-state index contributed by atoms with van der Waals surface area (Å²) in [6.07, 6.45) is 1.79. The molecule has 1 N–H and O–H groups in total. The quantitative estimate of drug-likeness (QED) is 0.779. The summed E-state index contributed by atoms with van der Waals surface area (Å²) in [7, 11) is -3.46. The number of amides is 1. The molecule has 156 valence electrons. The van der Waals surface area contributed by atoms with E-state index in [9.17, 15) is 13.2 Å². The topological polar surface area (TPSA) is 75.7 Å². The van der Waals surface area contributed by atoms with Gasteiger partial charge in [0, 0.05) is 18.8 Å². The van der Waals surface area contributed by atoms with Gasteiger partial charge in [0.15, 0.2) is 6.61 Å². The molecule has 0 aromatic heterocycles. The number of aryl methyl sites for hydroxylation is 4. The summed E-state index contributed by atoms with van der Waals surface area (Å²) < 4.78 is 32.5. The molecule has 0 saturated carbocycles. The van der Waals surface area contributed by atoms with E-state index in [0.717, 1.165) is 35.2 Å². The highest BCUT2D eigenvalue weighted by Crippen LogP contribution is 2.26. The highest BCUT2D eigenvalue weighted by Gasteiger charge is 2.27. The molecule has 7 heteroatoms. The lowest BCUT2D eigenvalue weighted by molar-refractivity contribution is -0.118. The van der Waals surface area contributed by atoms with Gasteiger partial charge in [-0.1, -0.05) is 17.7 Å². The Morgan fingerprint density at radius 1 is 1.00 bits per heavy atom. The Morgan fingerprint density at radius 2 is 1.62 bits per heavy atom. The van der Waals surface area contributed by atoms with Crippen LogP contribution in [0.3, 0.4) is 0 Å². The predicted octanol–water partition coefficient (Wildman–Crippen LogP) is 3.72. The normalized spacial score (nSPS) is 14.8. The first-order chi connectivity index (χ1) is 13.7. The first-order valence-electron chi connectivity index (χ1n) is 9.80. The lowest BCUT2D eigenvalue weighted by Gasteiger charge is -2.17. The molecule has 0 unspecified atom stereocenters. The number of benzene rings is 2. The van der Waals surface area contributed by atoms with Gasteiger partial charge in [-0.15, -0.1) is 0 Å². The number of ether oxygens (including phenoxy) is 1. The average Bonchev–Trinajstić information content (AvgIpc) is 3.19. The molecule has 1 aliphatic rings. The van der Waals surface area contributed by atoms with Gasteiger partial charge >= 0.3 is 0 Å². The summed E-state index contributed by atoms with van der Waals surface area (Å²) in [5.41, 5.74) is 4.63. The molecule has 2 aromatic carbocycles. The van der Waals surface area contributed by atoms with Gasteiger partial charge in [-0.3, -0.25) is 4.79 Å². The second kappa shape index (κ2) is 8.55. The van der Waals surface area contributed by atoms with Gasteiger partial charge in [0.05, 0.1) is 4.90 Å². The van der Waals surface area contributed by atoms with Crippen LogP contribution in [-0.2, 0) is 14.8 Å². The van der Waals surface area contributed by atoms with E-state index < -0.39 is 10.0 Å². The Labute approximate surface area is 172 Å². The summed E-state index contributed by atoms with van der Waals surface area (Å²) in [5.74, 6) is 0.242. The van der Waals surface area contributed by atoms with Gasteiger partial charge in [-0.05, 0) is 75.4 Å². The van der Waals surface area contributed by atoms with Crippen LogP contribution >= 0.6 is 0 Å². The highest BCUT2D eigenvalue weighted by atomic mass is 32.2. The molecule has 1 aliphatic heterocycles. The van der Waals surface area contributed by atoms with Crippen LogP contribution in [0.15, 0.2) is 35.2 Å². The van der Waals surface area contributed by atoms with Crippen molar-refractivity contribution in [2.75, 3.05) is 25.0 Å². The van der Waals surface area contributed by atoms with Crippen LogP contribution in [-0.4, -0.2) is 38.3 Å². The minimum absolute atomic E-state index is 0.147. The molecule has 29 heavy (non-hydrogen) atoms.